The van der Waals surface area contributed by atoms with Crippen molar-refractivity contribution in [3.63, 3.8) is 0 Å². The van der Waals surface area contributed by atoms with Gasteiger partial charge in [-0.05, 0) is 60.8 Å². The molecule has 0 bridgehead atoms. The van der Waals surface area contributed by atoms with Gasteiger partial charge in [-0.1, -0.05) is 42.8 Å². The van der Waals surface area contributed by atoms with Crippen LogP contribution in [0, 0.1) is 0 Å². The first-order valence-electron chi connectivity index (χ1n) is 9.64. The maximum absolute atomic E-state index is 12.2. The number of nitrogens with zero attached hydrogens (tertiary/aromatic N) is 1. The summed E-state index contributed by atoms with van der Waals surface area (Å²) in [4.78, 5) is 14.7. The number of rotatable bonds is 7. The van der Waals surface area contributed by atoms with E-state index in [0.29, 0.717) is 6.54 Å². The van der Waals surface area contributed by atoms with E-state index in [1.54, 1.807) is 13.2 Å². The van der Waals surface area contributed by atoms with Crippen LogP contribution in [0.15, 0.2) is 54.6 Å². The van der Waals surface area contributed by atoms with E-state index < -0.39 is 0 Å². The summed E-state index contributed by atoms with van der Waals surface area (Å²) in [5, 5.41) is 3.00. The Morgan fingerprint density at radius 2 is 1.74 bits per heavy atom. The fourth-order valence-electron chi connectivity index (χ4n) is 3.37. The Kier molecular flexibility index (Phi) is 7.05. The molecule has 3 rings (SSSR count). The zero-order chi connectivity index (χ0) is 18.9. The number of hydrogen-bond acceptors (Lipinski definition) is 3. The number of likely N-dealkylation sites (tertiary alicyclic amines) is 1. The van der Waals surface area contributed by atoms with E-state index in [1.807, 2.05) is 36.4 Å². The second-order valence-corrected chi connectivity index (χ2v) is 6.93. The van der Waals surface area contributed by atoms with E-state index >= 15 is 0 Å². The topological polar surface area (TPSA) is 41.6 Å². The summed E-state index contributed by atoms with van der Waals surface area (Å²) in [6, 6.07) is 16.0. The number of amides is 1. The molecule has 1 heterocycles. The van der Waals surface area contributed by atoms with Gasteiger partial charge in [0, 0.05) is 19.2 Å². The van der Waals surface area contributed by atoms with Gasteiger partial charge in [0.25, 0.3) is 0 Å². The fourth-order valence-corrected chi connectivity index (χ4v) is 3.37. The van der Waals surface area contributed by atoms with Gasteiger partial charge in [-0.2, -0.15) is 0 Å². The quantitative estimate of drug-likeness (QED) is 0.755. The molecule has 1 saturated heterocycles. The van der Waals surface area contributed by atoms with Gasteiger partial charge in [0.15, 0.2) is 0 Å². The zero-order valence-corrected chi connectivity index (χ0v) is 16.0. The van der Waals surface area contributed by atoms with Gasteiger partial charge in [0.1, 0.15) is 5.75 Å². The van der Waals surface area contributed by atoms with E-state index in [9.17, 15) is 4.79 Å². The highest BCUT2D eigenvalue weighted by atomic mass is 16.5. The number of carbonyl (C=O) groups excluding carboxylic acids is 1. The van der Waals surface area contributed by atoms with Crippen molar-refractivity contribution in [3.8, 4) is 5.75 Å². The highest BCUT2D eigenvalue weighted by Gasteiger charge is 2.12. The van der Waals surface area contributed by atoms with Gasteiger partial charge in [0.05, 0.1) is 7.11 Å². The van der Waals surface area contributed by atoms with Crippen LogP contribution in [0.25, 0.3) is 6.08 Å². The fraction of sp³-hybridized carbons (Fsp3) is 0.348. The van der Waals surface area contributed by atoms with Crippen molar-refractivity contribution in [1.29, 1.82) is 0 Å². The summed E-state index contributed by atoms with van der Waals surface area (Å²) in [6.45, 7) is 3.86. The minimum atomic E-state index is -0.0846. The molecule has 0 radical (unpaired) electrons. The predicted octanol–water partition coefficient (Wildman–Crippen LogP) is 4.01. The molecule has 0 aliphatic carbocycles. The number of ether oxygens (including phenoxy) is 1. The number of piperidine rings is 1. The smallest absolute Gasteiger partial charge is 0.244 e. The lowest BCUT2D eigenvalue weighted by molar-refractivity contribution is -0.116. The molecule has 2 aromatic carbocycles. The average molecular weight is 364 g/mol. The Morgan fingerprint density at radius 3 is 2.44 bits per heavy atom. The minimum absolute atomic E-state index is 0.0846. The maximum Gasteiger partial charge on any atom is 0.244 e. The third-order valence-corrected chi connectivity index (χ3v) is 4.96. The first-order chi connectivity index (χ1) is 13.2. The number of nitrogens with one attached hydrogen (secondary N) is 1. The molecule has 1 aliphatic heterocycles. The number of benzene rings is 2. The SMILES string of the molecule is COc1ccc(/C=C/C(=O)NCc2ccccc2CN2CCCCC2)cc1. The summed E-state index contributed by atoms with van der Waals surface area (Å²) in [5.41, 5.74) is 3.46. The molecule has 1 N–H and O–H groups in total. The van der Waals surface area contributed by atoms with Crippen molar-refractivity contribution >= 4 is 12.0 Å². The maximum atomic E-state index is 12.2. The summed E-state index contributed by atoms with van der Waals surface area (Å²) in [5.74, 6) is 0.723. The van der Waals surface area contributed by atoms with Crippen LogP contribution in [0.2, 0.25) is 0 Å². The Bertz CT molecular complexity index is 762. The lowest BCUT2D eigenvalue weighted by Gasteiger charge is -2.27. The Morgan fingerprint density at radius 1 is 1.04 bits per heavy atom. The molecule has 27 heavy (non-hydrogen) atoms. The molecule has 0 unspecified atom stereocenters. The summed E-state index contributed by atoms with van der Waals surface area (Å²) in [6.07, 6.45) is 7.31. The Balaban J connectivity index is 1.54. The molecule has 4 heteroatoms. The van der Waals surface area contributed by atoms with Crippen LogP contribution in [-0.2, 0) is 17.9 Å². The molecular formula is C23H28N2O2. The first kappa shape index (κ1) is 19.2. The third kappa shape index (κ3) is 5.97. The number of carbonyl (C=O) groups is 1. The minimum Gasteiger partial charge on any atom is -0.497 e. The molecule has 0 aromatic heterocycles. The lowest BCUT2D eigenvalue weighted by Crippen LogP contribution is -2.30. The highest BCUT2D eigenvalue weighted by Crippen LogP contribution is 2.16. The predicted molar refractivity (Wildman–Crippen MR) is 109 cm³/mol. The van der Waals surface area contributed by atoms with E-state index in [1.165, 1.54) is 43.5 Å². The second-order valence-electron chi connectivity index (χ2n) is 6.93. The molecule has 1 fully saturated rings. The van der Waals surface area contributed by atoms with Crippen LogP contribution in [-0.4, -0.2) is 31.0 Å². The molecular weight excluding hydrogens is 336 g/mol. The molecule has 0 saturated carbocycles. The zero-order valence-electron chi connectivity index (χ0n) is 16.0. The largest absolute Gasteiger partial charge is 0.497 e. The van der Waals surface area contributed by atoms with Crippen molar-refractivity contribution in [3.05, 3.63) is 71.3 Å². The normalized spacial score (nSPS) is 15.0. The van der Waals surface area contributed by atoms with Crippen LogP contribution in [0.5, 0.6) is 5.75 Å². The number of methoxy groups -OCH3 is 1. The van der Waals surface area contributed by atoms with Gasteiger partial charge in [-0.3, -0.25) is 9.69 Å². The van der Waals surface area contributed by atoms with Crippen LogP contribution in [0.3, 0.4) is 0 Å². The standard InChI is InChI=1S/C23H28N2O2/c1-27-22-12-9-19(10-13-22)11-14-23(26)24-17-20-7-3-4-8-21(20)18-25-15-5-2-6-16-25/h3-4,7-14H,2,5-6,15-18H2,1H3,(H,24,26)/b14-11+. The monoisotopic (exact) mass is 364 g/mol. The molecule has 4 nitrogen and oxygen atoms in total. The summed E-state index contributed by atoms with van der Waals surface area (Å²) in [7, 11) is 1.64. The van der Waals surface area contributed by atoms with Crippen molar-refractivity contribution in [2.45, 2.75) is 32.4 Å². The van der Waals surface area contributed by atoms with Gasteiger partial charge in [-0.25, -0.2) is 0 Å². The second kappa shape index (κ2) is 9.93. The van der Waals surface area contributed by atoms with Crippen LogP contribution in [0.4, 0.5) is 0 Å². The number of hydrogen-bond donors (Lipinski definition) is 1. The van der Waals surface area contributed by atoms with Gasteiger partial charge >= 0.3 is 0 Å². The molecule has 1 aliphatic rings. The van der Waals surface area contributed by atoms with E-state index in [-0.39, 0.29) is 5.91 Å². The van der Waals surface area contributed by atoms with E-state index in [2.05, 4.69) is 28.4 Å². The lowest BCUT2D eigenvalue weighted by atomic mass is 10.0. The van der Waals surface area contributed by atoms with E-state index in [0.717, 1.165) is 17.9 Å². The molecule has 0 atom stereocenters. The van der Waals surface area contributed by atoms with Gasteiger partial charge < -0.3 is 10.1 Å². The van der Waals surface area contributed by atoms with Crippen LogP contribution >= 0.6 is 0 Å². The summed E-state index contributed by atoms with van der Waals surface area (Å²) >= 11 is 0. The summed E-state index contributed by atoms with van der Waals surface area (Å²) < 4.78 is 5.14. The molecule has 1 amide bonds. The molecule has 142 valence electrons. The van der Waals surface area contributed by atoms with Crippen molar-refractivity contribution in [1.82, 2.24) is 10.2 Å². The molecule has 2 aromatic rings. The van der Waals surface area contributed by atoms with Crippen molar-refractivity contribution in [2.24, 2.45) is 0 Å². The Labute approximate surface area is 161 Å². The Hall–Kier alpha value is -2.59. The van der Waals surface area contributed by atoms with Crippen LogP contribution in [0.1, 0.15) is 36.0 Å². The van der Waals surface area contributed by atoms with Crippen molar-refractivity contribution in [2.75, 3.05) is 20.2 Å². The van der Waals surface area contributed by atoms with Crippen molar-refractivity contribution < 1.29 is 9.53 Å². The first-order valence-corrected chi connectivity index (χ1v) is 9.64. The van der Waals surface area contributed by atoms with Crippen LogP contribution < -0.4 is 10.1 Å². The average Bonchev–Trinajstić information content (AvgIpc) is 2.73. The van der Waals surface area contributed by atoms with Gasteiger partial charge in [0.2, 0.25) is 5.91 Å². The van der Waals surface area contributed by atoms with E-state index in [4.69, 9.17) is 4.74 Å². The highest BCUT2D eigenvalue weighted by molar-refractivity contribution is 5.91. The third-order valence-electron chi connectivity index (χ3n) is 4.96. The van der Waals surface area contributed by atoms with Gasteiger partial charge in [-0.15, -0.1) is 0 Å². The molecule has 0 spiro atoms.